The van der Waals surface area contributed by atoms with Gasteiger partial charge < -0.3 is 10.7 Å². The summed E-state index contributed by atoms with van der Waals surface area (Å²) in [6, 6.07) is 13.9. The van der Waals surface area contributed by atoms with Crippen molar-refractivity contribution in [3.63, 3.8) is 0 Å². The van der Waals surface area contributed by atoms with Crippen molar-refractivity contribution in [2.45, 2.75) is 33.6 Å². The molecule has 0 aliphatic rings. The number of imidazole rings is 1. The second-order valence-corrected chi connectivity index (χ2v) is 7.67. The Kier molecular flexibility index (Phi) is 4.81. The summed E-state index contributed by atoms with van der Waals surface area (Å²) in [5.74, 6) is 0.750. The quantitative estimate of drug-likeness (QED) is 0.328. The van der Waals surface area contributed by atoms with Crippen molar-refractivity contribution >= 4 is 29.1 Å². The number of rotatable bonds is 3. The van der Waals surface area contributed by atoms with Gasteiger partial charge in [-0.25, -0.2) is 4.98 Å². The van der Waals surface area contributed by atoms with Gasteiger partial charge in [-0.15, -0.1) is 0 Å². The Balaban J connectivity index is 0.00000225. The normalized spacial score (nSPS) is 11.4. The number of nitrogens with two attached hydrogens (primary N) is 1. The lowest BCUT2D eigenvalue weighted by Crippen LogP contribution is -2.11. The third kappa shape index (κ3) is 3.41. The first-order chi connectivity index (χ1) is 12.8. The number of nitrogen functional groups attached to an aromatic ring is 1. The fraction of sp³-hybridized carbons (Fsp3) is 0.227. The SMILES string of the molecule is C.C=Nc1ccc(-c2ccc3nc(-c4cc(C(C)(C)C)[nH]n4)[nH]c3c2)cc1N. The van der Waals surface area contributed by atoms with Crippen molar-refractivity contribution in [3.8, 4) is 22.6 Å². The molecule has 0 amide bonds. The van der Waals surface area contributed by atoms with Crippen molar-refractivity contribution in [3.05, 3.63) is 48.2 Å². The molecule has 2 aromatic carbocycles. The molecule has 0 atom stereocenters. The Morgan fingerprint density at radius 3 is 2.39 bits per heavy atom. The molecule has 0 aliphatic heterocycles. The highest BCUT2D eigenvalue weighted by molar-refractivity contribution is 5.85. The number of nitrogens with one attached hydrogen (secondary N) is 2. The molecule has 2 aromatic heterocycles. The van der Waals surface area contributed by atoms with Crippen LogP contribution in [0.2, 0.25) is 0 Å². The van der Waals surface area contributed by atoms with E-state index in [-0.39, 0.29) is 12.8 Å². The number of hydrogen-bond acceptors (Lipinski definition) is 4. The number of aromatic amines is 2. The van der Waals surface area contributed by atoms with Crippen LogP contribution in [0.1, 0.15) is 33.9 Å². The minimum atomic E-state index is 0. The number of benzene rings is 2. The van der Waals surface area contributed by atoms with Crippen LogP contribution in [0, 0.1) is 0 Å². The van der Waals surface area contributed by atoms with Gasteiger partial charge in [-0.2, -0.15) is 5.10 Å². The van der Waals surface area contributed by atoms with Crippen LogP contribution in [0.3, 0.4) is 0 Å². The van der Waals surface area contributed by atoms with E-state index in [0.717, 1.165) is 39.4 Å². The fourth-order valence-corrected chi connectivity index (χ4v) is 3.02. The van der Waals surface area contributed by atoms with E-state index >= 15 is 0 Å². The summed E-state index contributed by atoms with van der Waals surface area (Å²) >= 11 is 0. The smallest absolute Gasteiger partial charge is 0.159 e. The van der Waals surface area contributed by atoms with Gasteiger partial charge in [-0.05, 0) is 48.2 Å². The number of H-pyrrole nitrogens is 2. The number of aliphatic imine (C=N–C) groups is 1. The second kappa shape index (κ2) is 6.96. The molecule has 28 heavy (non-hydrogen) atoms. The first-order valence-electron chi connectivity index (χ1n) is 8.78. The number of fused-ring (bicyclic) bond motifs is 1. The van der Waals surface area contributed by atoms with Crippen LogP contribution >= 0.6 is 0 Å². The van der Waals surface area contributed by atoms with Crippen molar-refractivity contribution < 1.29 is 0 Å². The summed E-state index contributed by atoms with van der Waals surface area (Å²) in [5, 5.41) is 7.51. The largest absolute Gasteiger partial charge is 0.397 e. The minimum Gasteiger partial charge on any atom is -0.397 e. The maximum atomic E-state index is 6.03. The predicted octanol–water partition coefficient (Wildman–Crippen LogP) is 5.47. The van der Waals surface area contributed by atoms with E-state index in [1.165, 1.54) is 0 Å². The van der Waals surface area contributed by atoms with Crippen LogP contribution in [0.25, 0.3) is 33.7 Å². The molecule has 2 heterocycles. The molecule has 4 rings (SSSR count). The Morgan fingerprint density at radius 1 is 1.04 bits per heavy atom. The summed E-state index contributed by atoms with van der Waals surface area (Å²) in [4.78, 5) is 12.0. The average Bonchev–Trinajstić information content (AvgIpc) is 3.27. The zero-order chi connectivity index (χ0) is 19.2. The van der Waals surface area contributed by atoms with Gasteiger partial charge in [0.25, 0.3) is 0 Å². The van der Waals surface area contributed by atoms with E-state index in [0.29, 0.717) is 11.4 Å². The summed E-state index contributed by atoms with van der Waals surface area (Å²) in [5.41, 5.74) is 13.1. The summed E-state index contributed by atoms with van der Waals surface area (Å²) in [7, 11) is 0. The van der Waals surface area contributed by atoms with E-state index in [2.05, 4.69) is 58.7 Å². The molecule has 6 heteroatoms. The number of anilines is 1. The molecule has 144 valence electrons. The average molecular weight is 374 g/mol. The van der Waals surface area contributed by atoms with Gasteiger partial charge in [-0.3, -0.25) is 10.1 Å². The first kappa shape index (κ1) is 19.4. The summed E-state index contributed by atoms with van der Waals surface area (Å²) < 4.78 is 0. The second-order valence-electron chi connectivity index (χ2n) is 7.67. The molecular formula is C22H26N6. The lowest BCUT2D eigenvalue weighted by molar-refractivity contribution is 0.567. The van der Waals surface area contributed by atoms with Crippen LogP contribution in [-0.4, -0.2) is 26.9 Å². The molecule has 4 N–H and O–H groups in total. The highest BCUT2D eigenvalue weighted by Gasteiger charge is 2.18. The van der Waals surface area contributed by atoms with Crippen LogP contribution in [0.4, 0.5) is 11.4 Å². The number of hydrogen-bond donors (Lipinski definition) is 3. The Bertz CT molecular complexity index is 1140. The Morgan fingerprint density at radius 2 is 1.75 bits per heavy atom. The van der Waals surface area contributed by atoms with E-state index in [9.17, 15) is 0 Å². The first-order valence-corrected chi connectivity index (χ1v) is 8.78. The van der Waals surface area contributed by atoms with Crippen LogP contribution < -0.4 is 5.73 Å². The maximum absolute atomic E-state index is 6.03. The van der Waals surface area contributed by atoms with Gasteiger partial charge in [0.15, 0.2) is 5.82 Å². The monoisotopic (exact) mass is 374 g/mol. The van der Waals surface area contributed by atoms with Crippen LogP contribution in [0.15, 0.2) is 47.5 Å². The van der Waals surface area contributed by atoms with Gasteiger partial charge in [0.1, 0.15) is 5.69 Å². The maximum Gasteiger partial charge on any atom is 0.159 e. The van der Waals surface area contributed by atoms with Gasteiger partial charge in [-0.1, -0.05) is 40.3 Å². The van der Waals surface area contributed by atoms with Crippen molar-refractivity contribution in [2.24, 2.45) is 4.99 Å². The molecule has 6 nitrogen and oxygen atoms in total. The molecular weight excluding hydrogens is 348 g/mol. The summed E-state index contributed by atoms with van der Waals surface area (Å²) in [6.45, 7) is 9.97. The van der Waals surface area contributed by atoms with Gasteiger partial charge in [0.2, 0.25) is 0 Å². The third-order valence-electron chi connectivity index (χ3n) is 4.64. The molecule has 0 bridgehead atoms. The lowest BCUT2D eigenvalue weighted by atomic mass is 9.92. The number of aromatic nitrogens is 4. The minimum absolute atomic E-state index is 0. The molecule has 0 fully saturated rings. The van der Waals surface area contributed by atoms with Crippen molar-refractivity contribution in [2.75, 3.05) is 5.73 Å². The zero-order valence-corrected chi connectivity index (χ0v) is 15.7. The molecule has 0 spiro atoms. The molecule has 0 aliphatic carbocycles. The highest BCUT2D eigenvalue weighted by Crippen LogP contribution is 2.31. The Hall–Kier alpha value is -3.41. The van der Waals surface area contributed by atoms with E-state index in [4.69, 9.17) is 5.73 Å². The topological polar surface area (TPSA) is 95.7 Å². The fourth-order valence-electron chi connectivity index (χ4n) is 3.02. The molecule has 0 saturated heterocycles. The molecule has 0 saturated carbocycles. The van der Waals surface area contributed by atoms with Crippen molar-refractivity contribution in [1.82, 2.24) is 20.2 Å². The van der Waals surface area contributed by atoms with Crippen molar-refractivity contribution in [1.29, 1.82) is 0 Å². The van der Waals surface area contributed by atoms with Crippen LogP contribution in [0.5, 0.6) is 0 Å². The van der Waals surface area contributed by atoms with Crippen LogP contribution in [-0.2, 0) is 5.41 Å². The third-order valence-corrected chi connectivity index (χ3v) is 4.64. The van der Waals surface area contributed by atoms with Gasteiger partial charge in [0, 0.05) is 11.1 Å². The molecule has 0 radical (unpaired) electrons. The molecule has 4 aromatic rings. The molecule has 0 unspecified atom stereocenters. The van der Waals surface area contributed by atoms with E-state index < -0.39 is 0 Å². The van der Waals surface area contributed by atoms with E-state index in [1.54, 1.807) is 0 Å². The number of nitrogens with zero attached hydrogens (tertiary/aromatic N) is 3. The lowest BCUT2D eigenvalue weighted by Gasteiger charge is -2.14. The highest BCUT2D eigenvalue weighted by atomic mass is 15.1. The van der Waals surface area contributed by atoms with E-state index in [1.807, 2.05) is 36.4 Å². The summed E-state index contributed by atoms with van der Waals surface area (Å²) in [6.07, 6.45) is 0. The standard InChI is InChI=1S/C21H22N6.CH4/c1-21(2,3)19-11-18(26-27-19)20-24-16-8-6-13(10-17(16)25-20)12-5-7-15(23-4)14(22)9-12;/h5-11H,4,22H2,1-3H3,(H,24,25)(H,26,27);1H4. The van der Waals surface area contributed by atoms with Gasteiger partial charge >= 0.3 is 0 Å². The zero-order valence-electron chi connectivity index (χ0n) is 15.7. The Labute approximate surface area is 164 Å². The van der Waals surface area contributed by atoms with Gasteiger partial charge in [0.05, 0.1) is 22.4 Å². The predicted molar refractivity (Wildman–Crippen MR) is 118 cm³/mol.